The molecule has 7 nitrogen and oxygen atoms in total. The summed E-state index contributed by atoms with van der Waals surface area (Å²) in [5.74, 6) is 1.91. The average Bonchev–Trinajstić information content (AvgIpc) is 3.48. The molecule has 9 heteroatoms. The molecule has 1 aromatic carbocycles. The third-order valence-corrected chi connectivity index (χ3v) is 8.35. The molecule has 2 unspecified atom stereocenters. The molecule has 35 heavy (non-hydrogen) atoms. The van der Waals surface area contributed by atoms with Crippen LogP contribution < -0.4 is 11.5 Å². The Kier molecular flexibility index (Phi) is 7.32. The molecule has 0 spiro atoms. The summed E-state index contributed by atoms with van der Waals surface area (Å²) in [4.78, 5) is 12.3. The Labute approximate surface area is 215 Å². The van der Waals surface area contributed by atoms with Gasteiger partial charge < -0.3 is 20.9 Å². The minimum absolute atomic E-state index is 0.161. The van der Waals surface area contributed by atoms with Crippen LogP contribution in [-0.4, -0.2) is 45.8 Å². The Hall–Kier alpha value is -2.55. The number of likely N-dealkylation sites (tertiary alicyclic amines) is 1. The van der Waals surface area contributed by atoms with Crippen molar-refractivity contribution in [1.29, 1.82) is 0 Å². The summed E-state index contributed by atoms with van der Waals surface area (Å²) in [6.07, 6.45) is 11.7. The van der Waals surface area contributed by atoms with E-state index in [1.165, 1.54) is 44.3 Å². The molecule has 1 aliphatic carbocycles. The zero-order chi connectivity index (χ0) is 24.4. The number of aromatic nitrogens is 3. The molecular formula is C26H32ClN7S. The molecule has 1 saturated heterocycles. The highest BCUT2D eigenvalue weighted by atomic mass is 35.5. The smallest absolute Gasteiger partial charge is 0.226 e. The van der Waals surface area contributed by atoms with Crippen molar-refractivity contribution in [1.82, 2.24) is 19.4 Å². The minimum Gasteiger partial charge on any atom is -0.398 e. The second kappa shape index (κ2) is 10.6. The maximum Gasteiger partial charge on any atom is 0.226 e. The summed E-state index contributed by atoms with van der Waals surface area (Å²) in [6.45, 7) is 2.40. The van der Waals surface area contributed by atoms with Gasteiger partial charge in [-0.1, -0.05) is 18.2 Å². The summed E-state index contributed by atoms with van der Waals surface area (Å²) in [7, 11) is 2.22. The number of hydrogen-bond acceptors (Lipinski definition) is 7. The van der Waals surface area contributed by atoms with E-state index in [1.807, 2.05) is 30.3 Å². The first-order chi connectivity index (χ1) is 17.0. The Morgan fingerprint density at radius 2 is 1.89 bits per heavy atom. The highest BCUT2D eigenvalue weighted by Gasteiger charge is 2.34. The molecule has 0 radical (unpaired) electrons. The number of benzene rings is 1. The Morgan fingerprint density at radius 3 is 2.66 bits per heavy atom. The number of rotatable bonds is 6. The van der Waals surface area contributed by atoms with E-state index < -0.39 is 0 Å². The lowest BCUT2D eigenvalue weighted by Crippen LogP contribution is -2.32. The maximum absolute atomic E-state index is 6.52. The molecule has 2 fully saturated rings. The highest BCUT2D eigenvalue weighted by molar-refractivity contribution is 7.98. The number of nitrogens with zero attached hydrogens (tertiary/aromatic N) is 5. The molecule has 2 atom stereocenters. The number of piperidine rings is 1. The highest BCUT2D eigenvalue weighted by Crippen LogP contribution is 2.44. The van der Waals surface area contributed by atoms with Gasteiger partial charge >= 0.3 is 0 Å². The Bertz CT molecular complexity index is 1230. The number of halogens is 1. The van der Waals surface area contributed by atoms with Gasteiger partial charge in [0.05, 0.1) is 5.39 Å². The van der Waals surface area contributed by atoms with Gasteiger partial charge in [0, 0.05) is 46.6 Å². The Morgan fingerprint density at radius 1 is 1.11 bits per heavy atom. The van der Waals surface area contributed by atoms with Crippen molar-refractivity contribution >= 4 is 52.3 Å². The van der Waals surface area contributed by atoms with Crippen LogP contribution in [0.15, 0.2) is 51.9 Å². The van der Waals surface area contributed by atoms with Gasteiger partial charge in [0.2, 0.25) is 5.28 Å². The average molecular weight is 510 g/mol. The fourth-order valence-corrected chi connectivity index (χ4v) is 6.28. The van der Waals surface area contributed by atoms with Crippen LogP contribution in [0, 0.1) is 11.8 Å². The molecule has 0 bridgehead atoms. The third kappa shape index (κ3) is 5.34. The summed E-state index contributed by atoms with van der Waals surface area (Å²) >= 11 is 7.63. The van der Waals surface area contributed by atoms with Gasteiger partial charge in [-0.05, 0) is 93.9 Å². The number of fused-ring (bicyclic) bond motifs is 1. The first-order valence-corrected chi connectivity index (χ1v) is 13.4. The largest absolute Gasteiger partial charge is 0.398 e. The number of nitrogens with two attached hydrogens (primary N) is 2. The molecule has 184 valence electrons. The van der Waals surface area contributed by atoms with E-state index in [0.29, 0.717) is 17.6 Å². The normalized spacial score (nSPS) is 22.5. The van der Waals surface area contributed by atoms with Crippen LogP contribution in [0.2, 0.25) is 5.28 Å². The van der Waals surface area contributed by atoms with Gasteiger partial charge in [-0.25, -0.2) is 9.38 Å². The molecule has 4 N–H and O–H groups in total. The van der Waals surface area contributed by atoms with E-state index in [1.54, 1.807) is 12.3 Å². The van der Waals surface area contributed by atoms with Gasteiger partial charge in [0.15, 0.2) is 0 Å². The summed E-state index contributed by atoms with van der Waals surface area (Å²) in [5, 5.41) is 0.921. The van der Waals surface area contributed by atoms with E-state index in [4.69, 9.17) is 23.1 Å². The van der Waals surface area contributed by atoms with E-state index in [9.17, 15) is 0 Å². The molecule has 2 aliphatic rings. The standard InChI is InChI=1S/C26H32ClN7S/c1-33-13-10-17(11-14-33)18-7-8-19(15-18)34-16-21(23-24(29)31-26(27)32-25(23)34)22(28)9-12-30-35-20-5-3-2-4-6-20/h2-6,9,12,16-19H,7-8,10-11,13-15,28H2,1H3,(H2,29,31,32)/b22-9-,30-12+. The van der Waals surface area contributed by atoms with Gasteiger partial charge in [-0.15, -0.1) is 0 Å². The van der Waals surface area contributed by atoms with Crippen LogP contribution in [0.25, 0.3) is 16.7 Å². The summed E-state index contributed by atoms with van der Waals surface area (Å²) in [5.41, 5.74) is 15.0. The van der Waals surface area contributed by atoms with Gasteiger partial charge in [-0.3, -0.25) is 0 Å². The van der Waals surface area contributed by atoms with E-state index >= 15 is 0 Å². The van der Waals surface area contributed by atoms with Crippen LogP contribution in [0.3, 0.4) is 0 Å². The zero-order valence-corrected chi connectivity index (χ0v) is 21.6. The van der Waals surface area contributed by atoms with Crippen LogP contribution in [0.1, 0.15) is 43.7 Å². The van der Waals surface area contributed by atoms with Crippen molar-refractivity contribution in [3.63, 3.8) is 0 Å². The van der Waals surface area contributed by atoms with Crippen LogP contribution in [-0.2, 0) is 0 Å². The second-order valence-corrected chi connectivity index (χ2v) is 10.9. The molecule has 1 saturated carbocycles. The number of anilines is 1. The lowest BCUT2D eigenvalue weighted by atomic mass is 9.83. The zero-order valence-electron chi connectivity index (χ0n) is 20.0. The van der Waals surface area contributed by atoms with Crippen molar-refractivity contribution in [3.05, 3.63) is 53.5 Å². The quantitative estimate of drug-likeness (QED) is 0.261. The molecule has 3 heterocycles. The predicted octanol–water partition coefficient (Wildman–Crippen LogP) is 5.43. The van der Waals surface area contributed by atoms with Crippen molar-refractivity contribution < 1.29 is 0 Å². The first kappa shape index (κ1) is 24.2. The minimum atomic E-state index is 0.161. The summed E-state index contributed by atoms with van der Waals surface area (Å²) < 4.78 is 6.65. The van der Waals surface area contributed by atoms with E-state index in [2.05, 4.69) is 37.1 Å². The van der Waals surface area contributed by atoms with Crippen LogP contribution in [0.4, 0.5) is 5.82 Å². The molecule has 2 aromatic heterocycles. The summed E-state index contributed by atoms with van der Waals surface area (Å²) in [6, 6.07) is 10.4. The van der Waals surface area contributed by atoms with Crippen molar-refractivity contribution in [3.8, 4) is 0 Å². The molecular weight excluding hydrogens is 478 g/mol. The Balaban J connectivity index is 1.39. The van der Waals surface area contributed by atoms with Crippen LogP contribution >= 0.6 is 23.5 Å². The first-order valence-electron chi connectivity index (χ1n) is 12.2. The number of nitrogen functional groups attached to an aromatic ring is 1. The van der Waals surface area contributed by atoms with Crippen molar-refractivity contribution in [2.75, 3.05) is 25.9 Å². The van der Waals surface area contributed by atoms with Crippen molar-refractivity contribution in [2.45, 2.75) is 43.0 Å². The fourth-order valence-electron chi connectivity index (χ4n) is 5.59. The molecule has 3 aromatic rings. The van der Waals surface area contributed by atoms with Crippen molar-refractivity contribution in [2.24, 2.45) is 22.0 Å². The lowest BCUT2D eigenvalue weighted by molar-refractivity contribution is 0.170. The number of allylic oxidation sites excluding steroid dienone is 1. The second-order valence-electron chi connectivity index (χ2n) is 9.68. The van der Waals surface area contributed by atoms with E-state index in [-0.39, 0.29) is 5.28 Å². The van der Waals surface area contributed by atoms with Gasteiger partial charge in [0.1, 0.15) is 11.5 Å². The monoisotopic (exact) mass is 509 g/mol. The molecule has 5 rings (SSSR count). The molecule has 0 amide bonds. The predicted molar refractivity (Wildman–Crippen MR) is 147 cm³/mol. The van der Waals surface area contributed by atoms with Crippen LogP contribution in [0.5, 0.6) is 0 Å². The maximum atomic E-state index is 6.52. The number of hydrogen-bond donors (Lipinski definition) is 2. The molecule has 1 aliphatic heterocycles. The van der Waals surface area contributed by atoms with Gasteiger partial charge in [-0.2, -0.15) is 4.98 Å². The topological polar surface area (TPSA) is 98.3 Å². The third-order valence-electron chi connectivity index (χ3n) is 7.47. The fraction of sp³-hybridized carbons (Fsp3) is 0.423. The van der Waals surface area contributed by atoms with Gasteiger partial charge in [0.25, 0.3) is 0 Å². The van der Waals surface area contributed by atoms with E-state index in [0.717, 1.165) is 46.2 Å². The lowest BCUT2D eigenvalue weighted by Gasteiger charge is -2.32. The SMILES string of the molecule is CN1CCC(C2CCC(n3cc(/C(N)=C/C=N/Sc4ccccc4)c4c(N)nc(Cl)nc43)C2)CC1.